The number of aryl methyl sites for hydroxylation is 1. The lowest BCUT2D eigenvalue weighted by Gasteiger charge is -2.35. The van der Waals surface area contributed by atoms with Gasteiger partial charge in [-0.1, -0.05) is 0 Å². The number of hydrogen-bond donors (Lipinski definition) is 0. The van der Waals surface area contributed by atoms with Gasteiger partial charge in [-0.3, -0.25) is 14.4 Å². The van der Waals surface area contributed by atoms with Crippen LogP contribution in [0.25, 0.3) is 10.2 Å². The maximum absolute atomic E-state index is 11.5. The zero-order chi connectivity index (χ0) is 16.0. The van der Waals surface area contributed by atoms with Crippen molar-refractivity contribution in [1.29, 1.82) is 0 Å². The van der Waals surface area contributed by atoms with E-state index in [4.69, 9.17) is 9.84 Å². The van der Waals surface area contributed by atoms with Crippen LogP contribution in [0.5, 0.6) is 0 Å². The number of carbonyl (C=O) groups is 1. The summed E-state index contributed by atoms with van der Waals surface area (Å²) in [6.07, 6.45) is 0.989. The van der Waals surface area contributed by atoms with E-state index in [1.807, 2.05) is 11.7 Å². The molecule has 0 amide bonds. The number of esters is 1. The van der Waals surface area contributed by atoms with Crippen LogP contribution in [0.4, 0.5) is 5.82 Å². The van der Waals surface area contributed by atoms with E-state index in [-0.39, 0.29) is 11.9 Å². The van der Waals surface area contributed by atoms with Gasteiger partial charge >= 0.3 is 5.97 Å². The van der Waals surface area contributed by atoms with Crippen molar-refractivity contribution in [2.24, 2.45) is 18.9 Å². The lowest BCUT2D eigenvalue weighted by atomic mass is 10.2. The Morgan fingerprint density at radius 2 is 2.17 bits per heavy atom. The molecule has 0 bridgehead atoms. The molecule has 0 N–H and O–H groups in total. The van der Waals surface area contributed by atoms with Gasteiger partial charge in [0.25, 0.3) is 0 Å². The lowest BCUT2D eigenvalue weighted by Crippen LogP contribution is -2.47. The molecule has 23 heavy (non-hydrogen) atoms. The summed E-state index contributed by atoms with van der Waals surface area (Å²) in [6, 6.07) is 2.13. The predicted molar refractivity (Wildman–Crippen MR) is 90.9 cm³/mol. The van der Waals surface area contributed by atoms with Crippen LogP contribution in [-0.4, -0.2) is 60.5 Å². The first-order chi connectivity index (χ1) is 11.2. The summed E-state index contributed by atoms with van der Waals surface area (Å²) in [4.78, 5) is 16.4. The van der Waals surface area contributed by atoms with Crippen molar-refractivity contribution in [3.63, 3.8) is 0 Å². The van der Waals surface area contributed by atoms with E-state index in [1.54, 1.807) is 11.3 Å². The van der Waals surface area contributed by atoms with Gasteiger partial charge in [-0.25, -0.2) is 0 Å². The van der Waals surface area contributed by atoms with Gasteiger partial charge < -0.3 is 9.64 Å². The third kappa shape index (κ3) is 2.72. The highest BCUT2D eigenvalue weighted by Gasteiger charge is 2.44. The Hall–Kier alpha value is -1.60. The number of thiophene rings is 1. The van der Waals surface area contributed by atoms with Crippen LogP contribution in [-0.2, 0) is 16.6 Å². The zero-order valence-electron chi connectivity index (χ0n) is 13.6. The van der Waals surface area contributed by atoms with E-state index in [1.165, 1.54) is 17.3 Å². The van der Waals surface area contributed by atoms with Crippen molar-refractivity contribution in [3.8, 4) is 0 Å². The molecule has 1 saturated carbocycles. The number of ether oxygens (including phenoxy) is 1. The van der Waals surface area contributed by atoms with Gasteiger partial charge in [0.15, 0.2) is 5.82 Å². The van der Waals surface area contributed by atoms with E-state index in [0.29, 0.717) is 5.92 Å². The molecule has 3 heterocycles. The van der Waals surface area contributed by atoms with Crippen molar-refractivity contribution < 1.29 is 9.53 Å². The van der Waals surface area contributed by atoms with Crippen LogP contribution in [0.15, 0.2) is 11.4 Å². The highest BCUT2D eigenvalue weighted by Crippen LogP contribution is 2.40. The van der Waals surface area contributed by atoms with Gasteiger partial charge in [-0.2, -0.15) is 5.10 Å². The van der Waals surface area contributed by atoms with Gasteiger partial charge in [-0.15, -0.1) is 11.3 Å². The molecule has 0 radical (unpaired) electrons. The SMILES string of the molecule is COC(=O)C1CC1CN1CCN(c2nn(C)c3ccsc23)CC1. The second kappa shape index (κ2) is 5.79. The van der Waals surface area contributed by atoms with E-state index >= 15 is 0 Å². The third-order valence-electron chi connectivity index (χ3n) is 5.03. The number of nitrogens with zero attached hydrogens (tertiary/aromatic N) is 4. The van der Waals surface area contributed by atoms with Crippen LogP contribution in [0.1, 0.15) is 6.42 Å². The highest BCUT2D eigenvalue weighted by atomic mass is 32.1. The van der Waals surface area contributed by atoms with E-state index < -0.39 is 0 Å². The number of fused-ring (bicyclic) bond motifs is 1. The largest absolute Gasteiger partial charge is 0.469 e. The maximum atomic E-state index is 11.5. The fourth-order valence-corrected chi connectivity index (χ4v) is 4.47. The first-order valence-corrected chi connectivity index (χ1v) is 9.00. The predicted octanol–water partition coefficient (Wildman–Crippen LogP) is 1.57. The lowest BCUT2D eigenvalue weighted by molar-refractivity contribution is -0.142. The van der Waals surface area contributed by atoms with Crippen molar-refractivity contribution >= 4 is 33.3 Å². The molecule has 2 fully saturated rings. The van der Waals surface area contributed by atoms with Crippen LogP contribution in [0.2, 0.25) is 0 Å². The molecule has 2 aliphatic rings. The van der Waals surface area contributed by atoms with Crippen LogP contribution in [0, 0.1) is 11.8 Å². The summed E-state index contributed by atoms with van der Waals surface area (Å²) < 4.78 is 8.09. The smallest absolute Gasteiger partial charge is 0.308 e. The van der Waals surface area contributed by atoms with Crippen LogP contribution < -0.4 is 4.90 Å². The molecule has 2 aromatic heterocycles. The minimum absolute atomic E-state index is 0.0396. The molecule has 6 nitrogen and oxygen atoms in total. The first kappa shape index (κ1) is 15.0. The summed E-state index contributed by atoms with van der Waals surface area (Å²) in [5.41, 5.74) is 1.21. The van der Waals surface area contributed by atoms with Crippen molar-refractivity contribution in [3.05, 3.63) is 11.4 Å². The summed E-state index contributed by atoms with van der Waals surface area (Å²) in [7, 11) is 3.49. The standard InChI is InChI=1S/C16H22N4O2S/c1-18-13-3-8-23-14(13)15(17-18)20-6-4-19(5-7-20)10-11-9-12(11)16(21)22-2/h3,8,11-12H,4-7,9-10H2,1-2H3. The molecule has 2 aromatic rings. The fraction of sp³-hybridized carbons (Fsp3) is 0.625. The van der Waals surface area contributed by atoms with Crippen LogP contribution in [0.3, 0.4) is 0 Å². The Morgan fingerprint density at radius 3 is 2.91 bits per heavy atom. The van der Waals surface area contributed by atoms with E-state index in [9.17, 15) is 4.79 Å². The Morgan fingerprint density at radius 1 is 1.39 bits per heavy atom. The minimum atomic E-state index is -0.0396. The van der Waals surface area contributed by atoms with Crippen molar-refractivity contribution in [2.75, 3.05) is 44.7 Å². The molecule has 124 valence electrons. The highest BCUT2D eigenvalue weighted by molar-refractivity contribution is 7.17. The van der Waals surface area contributed by atoms with Gasteiger partial charge in [0.2, 0.25) is 0 Å². The van der Waals surface area contributed by atoms with Gasteiger partial charge in [-0.05, 0) is 23.8 Å². The Labute approximate surface area is 139 Å². The van der Waals surface area contributed by atoms with Crippen molar-refractivity contribution in [1.82, 2.24) is 14.7 Å². The molecule has 4 rings (SSSR count). The number of hydrogen-bond acceptors (Lipinski definition) is 6. The number of anilines is 1. The minimum Gasteiger partial charge on any atom is -0.469 e. The molecule has 2 atom stereocenters. The van der Waals surface area contributed by atoms with E-state index in [2.05, 4.69) is 21.2 Å². The number of methoxy groups -OCH3 is 1. The van der Waals surface area contributed by atoms with Gasteiger partial charge in [0.05, 0.1) is 23.2 Å². The average molecular weight is 334 g/mol. The maximum Gasteiger partial charge on any atom is 0.308 e. The van der Waals surface area contributed by atoms with Crippen molar-refractivity contribution in [2.45, 2.75) is 6.42 Å². The second-order valence-corrected chi connectivity index (χ2v) is 7.41. The Kier molecular flexibility index (Phi) is 3.77. The molecule has 0 spiro atoms. The van der Waals surface area contributed by atoms with Gasteiger partial charge in [0, 0.05) is 39.8 Å². The summed E-state index contributed by atoms with van der Waals surface area (Å²) in [5, 5.41) is 6.82. The molecule has 0 aromatic carbocycles. The number of piperazine rings is 1. The molecule has 1 aliphatic heterocycles. The topological polar surface area (TPSA) is 50.6 Å². The number of rotatable bonds is 4. The molecule has 1 aliphatic carbocycles. The Bertz CT molecular complexity index is 717. The fourth-order valence-electron chi connectivity index (χ4n) is 3.54. The quantitative estimate of drug-likeness (QED) is 0.795. The molecule has 2 unspecified atom stereocenters. The number of carbonyl (C=O) groups excluding carboxylic acids is 1. The molecular formula is C16H22N4O2S. The summed E-state index contributed by atoms with van der Waals surface area (Å²) in [5.74, 6) is 1.71. The Balaban J connectivity index is 1.35. The third-order valence-corrected chi connectivity index (χ3v) is 5.93. The van der Waals surface area contributed by atoms with Crippen LogP contribution >= 0.6 is 11.3 Å². The van der Waals surface area contributed by atoms with Gasteiger partial charge in [0.1, 0.15) is 0 Å². The average Bonchev–Trinajstić information content (AvgIpc) is 3.03. The molecule has 1 saturated heterocycles. The normalized spacial score (nSPS) is 25.0. The van der Waals surface area contributed by atoms with E-state index in [0.717, 1.165) is 45.0 Å². The second-order valence-electron chi connectivity index (χ2n) is 6.50. The zero-order valence-corrected chi connectivity index (χ0v) is 14.4. The summed E-state index contributed by atoms with van der Waals surface area (Å²) >= 11 is 1.77. The molecular weight excluding hydrogens is 312 g/mol. The molecule has 7 heteroatoms. The monoisotopic (exact) mass is 334 g/mol. The first-order valence-electron chi connectivity index (χ1n) is 8.12. The summed E-state index contributed by atoms with van der Waals surface area (Å²) in [6.45, 7) is 5.09. The number of aromatic nitrogens is 2.